The van der Waals surface area contributed by atoms with E-state index in [0.717, 1.165) is 87.8 Å². The molecule has 0 saturated heterocycles. The minimum Gasteiger partial charge on any atom is -0.456 e. The molecule has 11 aromatic rings. The molecule has 0 N–H and O–H groups in total. The lowest BCUT2D eigenvalue weighted by atomic mass is 9.96. The van der Waals surface area contributed by atoms with Crippen LogP contribution in [0.3, 0.4) is 0 Å². The van der Waals surface area contributed by atoms with Crippen molar-refractivity contribution in [2.45, 2.75) is 0 Å². The van der Waals surface area contributed by atoms with E-state index in [4.69, 9.17) is 28.8 Å². The van der Waals surface area contributed by atoms with E-state index in [1.807, 2.05) is 84.9 Å². The van der Waals surface area contributed by atoms with Gasteiger partial charge < -0.3 is 8.83 Å². The van der Waals surface area contributed by atoms with Crippen LogP contribution in [0, 0.1) is 0 Å². The topological polar surface area (TPSA) is 77.8 Å². The summed E-state index contributed by atoms with van der Waals surface area (Å²) in [6.45, 7) is 0. The number of hydrogen-bond acceptors (Lipinski definition) is 7. The van der Waals surface area contributed by atoms with Crippen molar-refractivity contribution in [3.8, 4) is 55.9 Å². The summed E-state index contributed by atoms with van der Waals surface area (Å²) in [5.41, 5.74) is 10.0. The number of nitrogens with zero attached hydrogens (tertiary/aromatic N) is 4. The van der Waals surface area contributed by atoms with Gasteiger partial charge in [-0.15, -0.1) is 11.3 Å². The minimum atomic E-state index is 0.560. The lowest BCUT2D eigenvalue weighted by Gasteiger charge is -2.10. The van der Waals surface area contributed by atoms with E-state index in [0.29, 0.717) is 17.5 Å². The van der Waals surface area contributed by atoms with Crippen LogP contribution in [0.1, 0.15) is 0 Å². The Labute approximate surface area is 306 Å². The molecule has 0 spiro atoms. The lowest BCUT2D eigenvalue weighted by Crippen LogP contribution is -2.00. The molecule has 11 rings (SSSR count). The van der Waals surface area contributed by atoms with E-state index in [1.165, 1.54) is 4.70 Å². The van der Waals surface area contributed by atoms with Gasteiger partial charge in [-0.3, -0.25) is 0 Å². The third kappa shape index (κ3) is 4.93. The first-order valence-corrected chi connectivity index (χ1v) is 18.2. The number of benzene rings is 7. The Morgan fingerprint density at radius 3 is 1.87 bits per heavy atom. The van der Waals surface area contributed by atoms with Crippen molar-refractivity contribution in [1.82, 2.24) is 19.9 Å². The van der Waals surface area contributed by atoms with Crippen molar-refractivity contribution in [2.75, 3.05) is 0 Å². The fourth-order valence-corrected chi connectivity index (χ4v) is 8.28. The summed E-state index contributed by atoms with van der Waals surface area (Å²) in [7, 11) is 0. The van der Waals surface area contributed by atoms with Crippen LogP contribution in [0.4, 0.5) is 0 Å². The van der Waals surface area contributed by atoms with Gasteiger partial charge in [0.2, 0.25) is 0 Å². The molecule has 53 heavy (non-hydrogen) atoms. The Morgan fingerprint density at radius 1 is 0.377 bits per heavy atom. The molecule has 0 bridgehead atoms. The zero-order valence-corrected chi connectivity index (χ0v) is 28.8. The number of furan rings is 2. The van der Waals surface area contributed by atoms with Gasteiger partial charge in [-0.05, 0) is 59.7 Å². The van der Waals surface area contributed by atoms with Crippen molar-refractivity contribution in [1.29, 1.82) is 0 Å². The maximum atomic E-state index is 6.54. The monoisotopic (exact) mass is 698 g/mol. The quantitative estimate of drug-likeness (QED) is 0.178. The molecule has 0 fully saturated rings. The Morgan fingerprint density at radius 2 is 1.00 bits per heavy atom. The smallest absolute Gasteiger partial charge is 0.164 e. The van der Waals surface area contributed by atoms with E-state index in [2.05, 4.69) is 72.8 Å². The van der Waals surface area contributed by atoms with Crippen LogP contribution in [-0.2, 0) is 0 Å². The van der Waals surface area contributed by atoms with Gasteiger partial charge in [0, 0.05) is 43.8 Å². The zero-order chi connectivity index (χ0) is 34.9. The van der Waals surface area contributed by atoms with Gasteiger partial charge in [0.15, 0.2) is 17.5 Å². The average Bonchev–Trinajstić information content (AvgIpc) is 3.94. The second-order valence-electron chi connectivity index (χ2n) is 13.0. The van der Waals surface area contributed by atoms with Gasteiger partial charge in [0.05, 0.1) is 10.2 Å². The molecule has 4 aromatic heterocycles. The minimum absolute atomic E-state index is 0.560. The summed E-state index contributed by atoms with van der Waals surface area (Å²) in [5.74, 6) is 1.71. The highest BCUT2D eigenvalue weighted by Gasteiger charge is 2.21. The third-order valence-corrected chi connectivity index (χ3v) is 10.9. The molecular weight excluding hydrogens is 673 g/mol. The number of thiazole rings is 1. The summed E-state index contributed by atoms with van der Waals surface area (Å²) in [6, 6.07) is 53.5. The molecule has 0 amide bonds. The fourth-order valence-electron chi connectivity index (χ4n) is 7.32. The summed E-state index contributed by atoms with van der Waals surface area (Å²) in [6.07, 6.45) is 0. The number of fused-ring (bicyclic) bond motifs is 7. The molecular formula is C46H26N4O2S. The number of hydrogen-bond donors (Lipinski definition) is 0. The van der Waals surface area contributed by atoms with Crippen LogP contribution in [-0.4, -0.2) is 19.9 Å². The van der Waals surface area contributed by atoms with Gasteiger partial charge in [0.1, 0.15) is 27.3 Å². The summed E-state index contributed by atoms with van der Waals surface area (Å²) < 4.78 is 14.0. The Kier molecular flexibility index (Phi) is 6.62. The van der Waals surface area contributed by atoms with Crippen LogP contribution < -0.4 is 0 Å². The first kappa shape index (κ1) is 29.7. The van der Waals surface area contributed by atoms with Crippen molar-refractivity contribution >= 4 is 65.4 Å². The van der Waals surface area contributed by atoms with Gasteiger partial charge in [-0.25, -0.2) is 19.9 Å². The highest BCUT2D eigenvalue weighted by molar-refractivity contribution is 7.21. The molecule has 248 valence electrons. The van der Waals surface area contributed by atoms with E-state index in [-0.39, 0.29) is 0 Å². The van der Waals surface area contributed by atoms with E-state index < -0.39 is 0 Å². The number of para-hydroxylation sites is 2. The Hall–Kier alpha value is -6.96. The normalized spacial score (nSPS) is 11.8. The largest absolute Gasteiger partial charge is 0.456 e. The predicted molar refractivity (Wildman–Crippen MR) is 215 cm³/mol. The van der Waals surface area contributed by atoms with Gasteiger partial charge in [0.25, 0.3) is 0 Å². The second-order valence-corrected chi connectivity index (χ2v) is 14.0. The molecule has 4 heterocycles. The van der Waals surface area contributed by atoms with Gasteiger partial charge >= 0.3 is 0 Å². The maximum Gasteiger partial charge on any atom is 0.164 e. The summed E-state index contributed by atoms with van der Waals surface area (Å²) in [5, 5.41) is 5.08. The summed E-state index contributed by atoms with van der Waals surface area (Å²) in [4.78, 5) is 20.2. The molecule has 0 atom stereocenters. The first-order valence-electron chi connectivity index (χ1n) is 17.4. The molecule has 0 saturated carbocycles. The second kappa shape index (κ2) is 11.8. The lowest BCUT2D eigenvalue weighted by molar-refractivity contribution is 0.668. The molecule has 0 aliphatic carbocycles. The van der Waals surface area contributed by atoms with E-state index in [1.54, 1.807) is 11.3 Å². The van der Waals surface area contributed by atoms with E-state index in [9.17, 15) is 0 Å². The zero-order valence-electron chi connectivity index (χ0n) is 28.0. The van der Waals surface area contributed by atoms with Gasteiger partial charge in [-0.2, -0.15) is 0 Å². The third-order valence-electron chi connectivity index (χ3n) is 9.78. The average molecular weight is 699 g/mol. The summed E-state index contributed by atoms with van der Waals surface area (Å²) >= 11 is 1.70. The van der Waals surface area contributed by atoms with Crippen LogP contribution in [0.15, 0.2) is 167 Å². The van der Waals surface area contributed by atoms with Crippen molar-refractivity contribution in [2.24, 2.45) is 0 Å². The highest BCUT2D eigenvalue weighted by atomic mass is 32.1. The van der Waals surface area contributed by atoms with Crippen LogP contribution >= 0.6 is 11.3 Å². The Balaban J connectivity index is 1.11. The first-order chi connectivity index (χ1) is 26.2. The van der Waals surface area contributed by atoms with Crippen molar-refractivity contribution in [3.63, 3.8) is 0 Å². The van der Waals surface area contributed by atoms with Crippen molar-refractivity contribution < 1.29 is 8.83 Å². The standard InChI is InChI=1S/C46H26N4O2S/c1-2-11-27(12-3-1)43-48-44(29-23-24-33-32-15-4-6-19-36(32)51-39(33)26-29)50-45(49-43)34-17-10-21-38-42(34)41-31(16-9-20-37(41)52-38)28-13-8-14-30(25-28)46-47-35-18-5-7-22-40(35)53-46/h1-26H. The molecule has 0 radical (unpaired) electrons. The SMILES string of the molecule is c1ccc(-c2nc(-c3ccc4c(c3)oc3ccccc34)nc(-c3cccc4oc5cccc(-c6cccc(-c7nc8ccccc8s7)c6)c5c34)n2)cc1. The predicted octanol–water partition coefficient (Wildman–Crippen LogP) is 12.6. The molecule has 0 aliphatic heterocycles. The number of rotatable bonds is 5. The molecule has 0 aliphatic rings. The Bertz CT molecular complexity index is 3160. The fraction of sp³-hybridized carbons (Fsp3) is 0. The van der Waals surface area contributed by atoms with Crippen LogP contribution in [0.5, 0.6) is 0 Å². The van der Waals surface area contributed by atoms with Crippen LogP contribution in [0.2, 0.25) is 0 Å². The van der Waals surface area contributed by atoms with Gasteiger partial charge in [-0.1, -0.05) is 109 Å². The number of aromatic nitrogens is 4. The van der Waals surface area contributed by atoms with E-state index >= 15 is 0 Å². The molecule has 7 heteroatoms. The maximum absolute atomic E-state index is 6.54. The highest BCUT2D eigenvalue weighted by Crippen LogP contribution is 2.42. The van der Waals surface area contributed by atoms with Crippen molar-refractivity contribution in [3.05, 3.63) is 158 Å². The molecule has 7 aromatic carbocycles. The molecule has 0 unspecified atom stereocenters. The molecule has 6 nitrogen and oxygen atoms in total. The van der Waals surface area contributed by atoms with Crippen LogP contribution in [0.25, 0.3) is 110 Å².